The molecule has 1 amide bonds. The molecule has 1 N–H and O–H groups in total. The van der Waals surface area contributed by atoms with Crippen molar-refractivity contribution in [2.45, 2.75) is 20.8 Å². The first-order chi connectivity index (χ1) is 13.3. The number of hydrogen-bond donors (Lipinski definition) is 1. The summed E-state index contributed by atoms with van der Waals surface area (Å²) in [4.78, 5) is 16.9. The molecule has 2 aromatic carbocycles. The maximum absolute atomic E-state index is 12.9. The number of halogens is 1. The molecule has 3 nitrogen and oxygen atoms in total. The number of pyridine rings is 1. The van der Waals surface area contributed by atoms with Crippen LogP contribution in [0, 0.1) is 17.3 Å². The average molecular weight is 389 g/mol. The molecule has 0 unspecified atom stereocenters. The van der Waals surface area contributed by atoms with Gasteiger partial charge in [0.05, 0.1) is 11.3 Å². The summed E-state index contributed by atoms with van der Waals surface area (Å²) in [6, 6.07) is 19.1. The third-order valence-electron chi connectivity index (χ3n) is 3.96. The molecule has 3 aromatic rings. The van der Waals surface area contributed by atoms with Gasteiger partial charge < -0.3 is 5.32 Å². The third-order valence-corrected chi connectivity index (χ3v) is 4.26. The van der Waals surface area contributed by atoms with Crippen LogP contribution in [0.1, 0.15) is 36.7 Å². The standard InChI is InChI=1S/C24H21ClN2O/c1-24(2,3)15-14-18-11-7-12-19(17-9-5-4-6-10-17)21(18)27-23(28)20-13-8-16-26-22(20)25/h4-13,16H,1-3H3,(H,27,28). The third kappa shape index (κ3) is 4.79. The smallest absolute Gasteiger partial charge is 0.258 e. The predicted octanol–water partition coefficient (Wildman–Crippen LogP) is 6.05. The molecule has 0 radical (unpaired) electrons. The Labute approximate surface area is 170 Å². The van der Waals surface area contributed by atoms with Crippen LogP contribution in [0.25, 0.3) is 11.1 Å². The van der Waals surface area contributed by atoms with Crippen molar-refractivity contribution in [1.29, 1.82) is 0 Å². The highest BCUT2D eigenvalue weighted by atomic mass is 35.5. The highest BCUT2D eigenvalue weighted by Gasteiger charge is 2.16. The molecule has 140 valence electrons. The second kappa shape index (κ2) is 8.29. The van der Waals surface area contributed by atoms with E-state index in [9.17, 15) is 4.79 Å². The highest BCUT2D eigenvalue weighted by molar-refractivity contribution is 6.33. The highest BCUT2D eigenvalue weighted by Crippen LogP contribution is 2.32. The molecule has 28 heavy (non-hydrogen) atoms. The molecule has 0 spiro atoms. The van der Waals surface area contributed by atoms with Crippen molar-refractivity contribution in [3.63, 3.8) is 0 Å². The number of benzene rings is 2. The summed E-state index contributed by atoms with van der Waals surface area (Å²) in [5, 5.41) is 3.17. The van der Waals surface area contributed by atoms with E-state index in [4.69, 9.17) is 11.6 Å². The number of amides is 1. The second-order valence-electron chi connectivity index (χ2n) is 7.39. The van der Waals surface area contributed by atoms with Crippen molar-refractivity contribution in [3.05, 3.63) is 83.1 Å². The van der Waals surface area contributed by atoms with E-state index in [0.717, 1.165) is 16.7 Å². The summed E-state index contributed by atoms with van der Waals surface area (Å²) in [5.41, 5.74) is 3.47. The molecule has 0 atom stereocenters. The minimum atomic E-state index is -0.319. The van der Waals surface area contributed by atoms with Gasteiger partial charge in [-0.2, -0.15) is 0 Å². The van der Waals surface area contributed by atoms with E-state index in [1.54, 1.807) is 18.3 Å². The van der Waals surface area contributed by atoms with Crippen molar-refractivity contribution in [1.82, 2.24) is 4.98 Å². The van der Waals surface area contributed by atoms with Crippen LogP contribution >= 0.6 is 11.6 Å². The number of aromatic nitrogens is 1. The monoisotopic (exact) mass is 388 g/mol. The molecular weight excluding hydrogens is 368 g/mol. The van der Waals surface area contributed by atoms with Crippen LogP contribution in [0.5, 0.6) is 0 Å². The summed E-state index contributed by atoms with van der Waals surface area (Å²) in [6.45, 7) is 6.15. The SMILES string of the molecule is CC(C)(C)C#Cc1cccc(-c2ccccc2)c1NC(=O)c1cccnc1Cl. The van der Waals surface area contributed by atoms with E-state index in [2.05, 4.69) is 42.9 Å². The van der Waals surface area contributed by atoms with Crippen molar-refractivity contribution >= 4 is 23.2 Å². The van der Waals surface area contributed by atoms with E-state index in [1.807, 2.05) is 48.5 Å². The number of hydrogen-bond acceptors (Lipinski definition) is 2. The van der Waals surface area contributed by atoms with Gasteiger partial charge in [-0.15, -0.1) is 0 Å². The maximum atomic E-state index is 12.9. The summed E-state index contributed by atoms with van der Waals surface area (Å²) in [5.74, 6) is 6.14. The minimum Gasteiger partial charge on any atom is -0.320 e. The molecule has 0 aliphatic rings. The van der Waals surface area contributed by atoms with Gasteiger partial charge in [-0.25, -0.2) is 4.98 Å². The Morgan fingerprint density at radius 3 is 2.43 bits per heavy atom. The average Bonchev–Trinajstić information content (AvgIpc) is 2.67. The fraction of sp³-hybridized carbons (Fsp3) is 0.167. The lowest BCUT2D eigenvalue weighted by molar-refractivity contribution is 0.102. The lowest BCUT2D eigenvalue weighted by Crippen LogP contribution is -2.15. The quantitative estimate of drug-likeness (QED) is 0.438. The molecule has 4 heteroatoms. The zero-order chi connectivity index (χ0) is 20.1. The molecule has 1 aromatic heterocycles. The first kappa shape index (κ1) is 19.7. The van der Waals surface area contributed by atoms with Gasteiger partial charge in [0.1, 0.15) is 5.15 Å². The molecule has 3 rings (SSSR count). The van der Waals surface area contributed by atoms with Crippen LogP contribution in [0.3, 0.4) is 0 Å². The van der Waals surface area contributed by atoms with Gasteiger partial charge in [0.15, 0.2) is 0 Å². The Kier molecular flexibility index (Phi) is 5.82. The van der Waals surface area contributed by atoms with Crippen LogP contribution in [0.4, 0.5) is 5.69 Å². The molecule has 0 bridgehead atoms. The van der Waals surface area contributed by atoms with Crippen molar-refractivity contribution in [3.8, 4) is 23.0 Å². The fourth-order valence-corrected chi connectivity index (χ4v) is 2.85. The Hall–Kier alpha value is -3.09. The Balaban J connectivity index is 2.11. The van der Waals surface area contributed by atoms with Gasteiger partial charge in [0.2, 0.25) is 0 Å². The maximum Gasteiger partial charge on any atom is 0.258 e. The van der Waals surface area contributed by atoms with E-state index >= 15 is 0 Å². The Morgan fingerprint density at radius 2 is 1.75 bits per heavy atom. The minimum absolute atomic E-state index is 0.156. The molecule has 0 fully saturated rings. The van der Waals surface area contributed by atoms with E-state index in [0.29, 0.717) is 11.3 Å². The number of para-hydroxylation sites is 1. The number of nitrogens with one attached hydrogen (secondary N) is 1. The van der Waals surface area contributed by atoms with Gasteiger partial charge in [-0.05, 0) is 44.5 Å². The van der Waals surface area contributed by atoms with Crippen LogP contribution < -0.4 is 5.32 Å². The Bertz CT molecular complexity index is 1060. The lowest BCUT2D eigenvalue weighted by Gasteiger charge is -2.15. The molecule has 0 saturated carbocycles. The summed E-state index contributed by atoms with van der Waals surface area (Å²) >= 11 is 6.10. The normalized spacial score (nSPS) is 10.7. The van der Waals surface area contributed by atoms with Crippen LogP contribution in [0.15, 0.2) is 66.9 Å². The molecule has 0 aliphatic heterocycles. The summed E-state index contributed by atoms with van der Waals surface area (Å²) in [6.07, 6.45) is 1.55. The fourth-order valence-electron chi connectivity index (χ4n) is 2.64. The molecule has 0 saturated heterocycles. The van der Waals surface area contributed by atoms with Gasteiger partial charge >= 0.3 is 0 Å². The summed E-state index contributed by atoms with van der Waals surface area (Å²) in [7, 11) is 0. The van der Waals surface area contributed by atoms with Crippen molar-refractivity contribution < 1.29 is 4.79 Å². The molecule has 0 aliphatic carbocycles. The van der Waals surface area contributed by atoms with Crippen molar-refractivity contribution in [2.75, 3.05) is 5.32 Å². The van der Waals surface area contributed by atoms with Crippen LogP contribution in [-0.2, 0) is 0 Å². The zero-order valence-corrected chi connectivity index (χ0v) is 16.8. The lowest BCUT2D eigenvalue weighted by atomic mass is 9.95. The topological polar surface area (TPSA) is 42.0 Å². The first-order valence-corrected chi connectivity index (χ1v) is 9.36. The number of nitrogens with zero attached hydrogens (tertiary/aromatic N) is 1. The van der Waals surface area contributed by atoms with Gasteiger partial charge in [0, 0.05) is 22.7 Å². The van der Waals surface area contributed by atoms with E-state index < -0.39 is 0 Å². The van der Waals surface area contributed by atoms with Gasteiger partial charge in [-0.1, -0.05) is 65.9 Å². The summed E-state index contributed by atoms with van der Waals surface area (Å²) < 4.78 is 0. The van der Waals surface area contributed by atoms with E-state index in [-0.39, 0.29) is 16.5 Å². The predicted molar refractivity (Wildman–Crippen MR) is 115 cm³/mol. The second-order valence-corrected chi connectivity index (χ2v) is 7.75. The van der Waals surface area contributed by atoms with Gasteiger partial charge in [-0.3, -0.25) is 4.79 Å². The number of carbonyl (C=O) groups is 1. The van der Waals surface area contributed by atoms with Crippen LogP contribution in [0.2, 0.25) is 5.15 Å². The largest absolute Gasteiger partial charge is 0.320 e. The zero-order valence-electron chi connectivity index (χ0n) is 16.1. The number of anilines is 1. The van der Waals surface area contributed by atoms with Crippen LogP contribution in [-0.4, -0.2) is 10.9 Å². The number of rotatable bonds is 3. The Morgan fingerprint density at radius 1 is 1.00 bits per heavy atom. The molecule has 1 heterocycles. The van der Waals surface area contributed by atoms with Gasteiger partial charge in [0.25, 0.3) is 5.91 Å². The molecular formula is C24H21ClN2O. The number of carbonyl (C=O) groups excluding carboxylic acids is 1. The first-order valence-electron chi connectivity index (χ1n) is 8.98. The van der Waals surface area contributed by atoms with Crippen molar-refractivity contribution in [2.24, 2.45) is 5.41 Å². The van der Waals surface area contributed by atoms with E-state index in [1.165, 1.54) is 0 Å².